The van der Waals surface area contributed by atoms with Gasteiger partial charge in [0.05, 0.1) is 10.9 Å². The van der Waals surface area contributed by atoms with Gasteiger partial charge in [-0.15, -0.1) is 0 Å². The van der Waals surface area contributed by atoms with Gasteiger partial charge in [0.2, 0.25) is 0 Å². The van der Waals surface area contributed by atoms with E-state index in [0.29, 0.717) is 18.8 Å². The van der Waals surface area contributed by atoms with E-state index in [1.54, 1.807) is 13.0 Å². The Bertz CT molecular complexity index is 1140. The molecule has 1 aromatic carbocycles. The average Bonchev–Trinajstić information content (AvgIpc) is 2.66. The highest BCUT2D eigenvalue weighted by molar-refractivity contribution is 6.05. The van der Waals surface area contributed by atoms with Crippen molar-refractivity contribution in [2.24, 2.45) is 0 Å². The highest BCUT2D eigenvalue weighted by Crippen LogP contribution is 2.19. The summed E-state index contributed by atoms with van der Waals surface area (Å²) in [6.07, 6.45) is 0. The molecule has 2 aromatic heterocycles. The summed E-state index contributed by atoms with van der Waals surface area (Å²) in [5, 5.41) is 3.00. The number of H-pyrrole nitrogens is 1. The number of pyridine rings is 1. The van der Waals surface area contributed by atoms with Gasteiger partial charge in [0.1, 0.15) is 0 Å². The second-order valence-corrected chi connectivity index (χ2v) is 7.12. The molecular formula is C21H24N4O3. The molecule has 0 aliphatic rings. The number of carbonyl (C=O) groups is 1. The fraction of sp³-hybridized carbons (Fsp3) is 0.333. The molecule has 0 spiro atoms. The van der Waals surface area contributed by atoms with Gasteiger partial charge in [-0.2, -0.15) is 0 Å². The quantitative estimate of drug-likeness (QED) is 0.711. The summed E-state index contributed by atoms with van der Waals surface area (Å²) in [6, 6.07) is 9.48. The first-order valence-electron chi connectivity index (χ1n) is 9.33. The van der Waals surface area contributed by atoms with Crippen molar-refractivity contribution in [1.82, 2.24) is 19.9 Å². The number of fused-ring (bicyclic) bond motifs is 1. The molecule has 0 atom stereocenters. The molecule has 0 aliphatic heterocycles. The van der Waals surface area contributed by atoms with Gasteiger partial charge in [-0.05, 0) is 31.4 Å². The topological polar surface area (TPSA) is 96.9 Å². The summed E-state index contributed by atoms with van der Waals surface area (Å²) in [6.45, 7) is 8.36. The molecule has 1 amide bonds. The maximum absolute atomic E-state index is 12.9. The summed E-state index contributed by atoms with van der Waals surface area (Å²) in [5.74, 6) is -0.338. The molecule has 0 saturated heterocycles. The van der Waals surface area contributed by atoms with Crippen molar-refractivity contribution in [3.8, 4) is 0 Å². The third-order valence-electron chi connectivity index (χ3n) is 4.69. The van der Waals surface area contributed by atoms with E-state index >= 15 is 0 Å². The lowest BCUT2D eigenvalue weighted by Gasteiger charge is -2.14. The monoisotopic (exact) mass is 380 g/mol. The van der Waals surface area contributed by atoms with Crippen LogP contribution in [-0.4, -0.2) is 20.4 Å². The zero-order chi connectivity index (χ0) is 20.4. The molecule has 146 valence electrons. The number of aromatic nitrogens is 3. The Morgan fingerprint density at radius 3 is 2.50 bits per heavy atom. The van der Waals surface area contributed by atoms with Crippen molar-refractivity contribution in [3.05, 3.63) is 73.6 Å². The Balaban J connectivity index is 2.10. The molecule has 2 heterocycles. The first-order valence-corrected chi connectivity index (χ1v) is 9.33. The van der Waals surface area contributed by atoms with E-state index in [4.69, 9.17) is 0 Å². The molecule has 0 unspecified atom stereocenters. The molecule has 3 rings (SSSR count). The van der Waals surface area contributed by atoms with E-state index < -0.39 is 11.2 Å². The van der Waals surface area contributed by atoms with Gasteiger partial charge in [0.25, 0.3) is 11.5 Å². The average molecular weight is 380 g/mol. The molecule has 2 N–H and O–H groups in total. The van der Waals surface area contributed by atoms with Crippen LogP contribution >= 0.6 is 0 Å². The molecule has 0 aliphatic carbocycles. The molecule has 0 radical (unpaired) electrons. The van der Waals surface area contributed by atoms with Crippen molar-refractivity contribution in [2.45, 2.75) is 46.7 Å². The summed E-state index contributed by atoms with van der Waals surface area (Å²) < 4.78 is 1.37. The predicted octanol–water partition coefficient (Wildman–Crippen LogP) is 2.47. The lowest BCUT2D eigenvalue weighted by Crippen LogP contribution is -2.33. The number of aromatic amines is 1. The van der Waals surface area contributed by atoms with Crippen LogP contribution in [0.5, 0.6) is 0 Å². The normalized spacial score (nSPS) is 11.2. The Labute approximate surface area is 162 Å². The van der Waals surface area contributed by atoms with E-state index in [1.165, 1.54) is 4.57 Å². The van der Waals surface area contributed by atoms with Crippen LogP contribution < -0.4 is 16.6 Å². The lowest BCUT2D eigenvalue weighted by atomic mass is 10.0. The molecule has 3 aromatic rings. The van der Waals surface area contributed by atoms with Crippen molar-refractivity contribution < 1.29 is 4.79 Å². The van der Waals surface area contributed by atoms with Crippen LogP contribution in [0.4, 0.5) is 0 Å². The molecule has 0 fully saturated rings. The Kier molecular flexibility index (Phi) is 5.44. The summed E-state index contributed by atoms with van der Waals surface area (Å²) >= 11 is 0. The number of amides is 1. The van der Waals surface area contributed by atoms with E-state index in [0.717, 1.165) is 11.1 Å². The fourth-order valence-corrected chi connectivity index (χ4v) is 3.05. The largest absolute Gasteiger partial charge is 0.348 e. The second kappa shape index (κ2) is 7.80. The lowest BCUT2D eigenvalue weighted by molar-refractivity contribution is 0.0952. The van der Waals surface area contributed by atoms with Gasteiger partial charge < -0.3 is 5.32 Å². The molecule has 28 heavy (non-hydrogen) atoms. The SMILES string of the molecule is CCn1c(=O)[nH]c(=O)c2c(C(=O)NCc3ccc(C)cc3)cc(C(C)C)nc21. The maximum atomic E-state index is 12.9. The Morgan fingerprint density at radius 1 is 1.21 bits per heavy atom. The van der Waals surface area contributed by atoms with Gasteiger partial charge in [0, 0.05) is 18.8 Å². The highest BCUT2D eigenvalue weighted by Gasteiger charge is 2.20. The molecule has 0 bridgehead atoms. The molecule has 7 nitrogen and oxygen atoms in total. The van der Waals surface area contributed by atoms with Crippen molar-refractivity contribution in [2.75, 3.05) is 0 Å². The van der Waals surface area contributed by atoms with Gasteiger partial charge in [-0.3, -0.25) is 19.1 Å². The van der Waals surface area contributed by atoms with Gasteiger partial charge in [-0.25, -0.2) is 9.78 Å². The smallest absolute Gasteiger partial charge is 0.329 e. The number of aryl methyl sites for hydroxylation is 2. The van der Waals surface area contributed by atoms with Crippen LogP contribution in [0.3, 0.4) is 0 Å². The van der Waals surface area contributed by atoms with Gasteiger partial charge in [0.15, 0.2) is 5.65 Å². The number of carbonyl (C=O) groups excluding carboxylic acids is 1. The Hall–Kier alpha value is -3.22. The maximum Gasteiger partial charge on any atom is 0.329 e. The molecular weight excluding hydrogens is 356 g/mol. The van der Waals surface area contributed by atoms with E-state index in [1.807, 2.05) is 45.0 Å². The van der Waals surface area contributed by atoms with Crippen LogP contribution in [0.25, 0.3) is 11.0 Å². The number of nitrogens with one attached hydrogen (secondary N) is 2. The summed E-state index contributed by atoms with van der Waals surface area (Å²) in [5.41, 5.74) is 2.08. The minimum absolute atomic E-state index is 0.0349. The first-order chi connectivity index (χ1) is 13.3. The van der Waals surface area contributed by atoms with Crippen LogP contribution in [0, 0.1) is 6.92 Å². The van der Waals surface area contributed by atoms with Gasteiger partial charge in [-0.1, -0.05) is 43.7 Å². The van der Waals surface area contributed by atoms with Crippen molar-refractivity contribution in [1.29, 1.82) is 0 Å². The van der Waals surface area contributed by atoms with Crippen molar-refractivity contribution in [3.63, 3.8) is 0 Å². The first kappa shape index (κ1) is 19.5. The molecule has 0 saturated carbocycles. The van der Waals surface area contributed by atoms with E-state index in [-0.39, 0.29) is 28.4 Å². The van der Waals surface area contributed by atoms with E-state index in [2.05, 4.69) is 15.3 Å². The molecule has 7 heteroatoms. The Morgan fingerprint density at radius 2 is 1.89 bits per heavy atom. The standard InChI is InChI=1S/C21H24N4O3/c1-5-25-18-17(20(27)24-21(25)28)15(10-16(23-18)12(2)3)19(26)22-11-14-8-6-13(4)7-9-14/h6-10,12H,5,11H2,1-4H3,(H,22,26)(H,24,27,28). The highest BCUT2D eigenvalue weighted by atomic mass is 16.2. The zero-order valence-corrected chi connectivity index (χ0v) is 16.5. The number of benzene rings is 1. The van der Waals surface area contributed by atoms with Crippen LogP contribution in [0.2, 0.25) is 0 Å². The number of nitrogens with zero attached hydrogens (tertiary/aromatic N) is 2. The zero-order valence-electron chi connectivity index (χ0n) is 16.5. The van der Waals surface area contributed by atoms with Crippen molar-refractivity contribution >= 4 is 16.9 Å². The predicted molar refractivity (Wildman–Crippen MR) is 109 cm³/mol. The fourth-order valence-electron chi connectivity index (χ4n) is 3.05. The minimum atomic E-state index is -0.604. The van der Waals surface area contributed by atoms with E-state index in [9.17, 15) is 14.4 Å². The number of hydrogen-bond donors (Lipinski definition) is 2. The number of hydrogen-bond acceptors (Lipinski definition) is 4. The number of rotatable bonds is 5. The van der Waals surface area contributed by atoms with Crippen LogP contribution in [-0.2, 0) is 13.1 Å². The van der Waals surface area contributed by atoms with Crippen LogP contribution in [0.15, 0.2) is 39.9 Å². The third kappa shape index (κ3) is 3.74. The summed E-state index contributed by atoms with van der Waals surface area (Å²) in [7, 11) is 0. The second-order valence-electron chi connectivity index (χ2n) is 7.12. The third-order valence-corrected chi connectivity index (χ3v) is 4.69. The van der Waals surface area contributed by atoms with Crippen LogP contribution in [0.1, 0.15) is 53.9 Å². The van der Waals surface area contributed by atoms with Gasteiger partial charge >= 0.3 is 5.69 Å². The summed E-state index contributed by atoms with van der Waals surface area (Å²) in [4.78, 5) is 44.4. The minimum Gasteiger partial charge on any atom is -0.348 e.